The molecule has 0 unspecified atom stereocenters. The Labute approximate surface area is 152 Å². The van der Waals surface area contributed by atoms with E-state index in [2.05, 4.69) is 36.1 Å². The van der Waals surface area contributed by atoms with E-state index in [4.69, 9.17) is 4.74 Å². The Balaban J connectivity index is 1.55. The fourth-order valence-corrected chi connectivity index (χ4v) is 3.04. The van der Waals surface area contributed by atoms with Crippen molar-refractivity contribution in [3.63, 3.8) is 0 Å². The average Bonchev–Trinajstić information content (AvgIpc) is 3.23. The van der Waals surface area contributed by atoms with Gasteiger partial charge in [-0.1, -0.05) is 0 Å². The SMILES string of the molecule is CNc1nccc(Nc2cc([C@H]3CC[C@@H](OC(=O)NC(C)C)C3)[nH]n2)n1. The number of nitrogens with zero attached hydrogens (tertiary/aromatic N) is 3. The van der Waals surface area contributed by atoms with Gasteiger partial charge in [0.1, 0.15) is 11.9 Å². The summed E-state index contributed by atoms with van der Waals surface area (Å²) in [5.74, 6) is 2.21. The van der Waals surface area contributed by atoms with E-state index >= 15 is 0 Å². The number of amides is 1. The van der Waals surface area contributed by atoms with Crippen LogP contribution in [0.1, 0.15) is 44.7 Å². The maximum absolute atomic E-state index is 11.7. The van der Waals surface area contributed by atoms with Crippen LogP contribution in [0.3, 0.4) is 0 Å². The first-order valence-electron chi connectivity index (χ1n) is 8.83. The highest BCUT2D eigenvalue weighted by Crippen LogP contribution is 2.36. The minimum atomic E-state index is -0.346. The summed E-state index contributed by atoms with van der Waals surface area (Å²) in [6.07, 6.45) is 3.88. The maximum Gasteiger partial charge on any atom is 0.407 e. The first-order valence-corrected chi connectivity index (χ1v) is 8.83. The molecule has 140 valence electrons. The van der Waals surface area contributed by atoms with Gasteiger partial charge in [-0.05, 0) is 39.2 Å². The van der Waals surface area contributed by atoms with Gasteiger partial charge in [0.15, 0.2) is 5.82 Å². The van der Waals surface area contributed by atoms with E-state index in [1.165, 1.54) is 0 Å². The summed E-state index contributed by atoms with van der Waals surface area (Å²) in [6.45, 7) is 3.82. The molecule has 0 aliphatic heterocycles. The van der Waals surface area contributed by atoms with E-state index in [0.717, 1.165) is 25.0 Å². The number of carbonyl (C=O) groups is 1. The van der Waals surface area contributed by atoms with E-state index in [-0.39, 0.29) is 18.2 Å². The van der Waals surface area contributed by atoms with Crippen LogP contribution >= 0.6 is 0 Å². The molecule has 1 aliphatic rings. The molecule has 0 aromatic carbocycles. The van der Waals surface area contributed by atoms with Crippen molar-refractivity contribution >= 4 is 23.7 Å². The molecule has 9 nitrogen and oxygen atoms in total. The van der Waals surface area contributed by atoms with Crippen LogP contribution in [0.25, 0.3) is 0 Å². The number of rotatable bonds is 6. The van der Waals surface area contributed by atoms with E-state index in [1.807, 2.05) is 19.9 Å². The lowest BCUT2D eigenvalue weighted by molar-refractivity contribution is 0.0981. The molecule has 4 N–H and O–H groups in total. The zero-order chi connectivity index (χ0) is 18.5. The minimum absolute atomic E-state index is 0.0569. The molecule has 26 heavy (non-hydrogen) atoms. The molecule has 3 rings (SSSR count). The molecular weight excluding hydrogens is 334 g/mol. The van der Waals surface area contributed by atoms with Crippen LogP contribution in [-0.4, -0.2) is 45.5 Å². The topological polar surface area (TPSA) is 117 Å². The number of ether oxygens (including phenoxy) is 1. The highest BCUT2D eigenvalue weighted by atomic mass is 16.6. The number of H-pyrrole nitrogens is 1. The van der Waals surface area contributed by atoms with Crippen LogP contribution in [0.4, 0.5) is 22.4 Å². The number of carbonyl (C=O) groups excluding carboxylic acids is 1. The third-order valence-electron chi connectivity index (χ3n) is 4.24. The molecular formula is C17H25N7O2. The average molecular weight is 359 g/mol. The number of nitrogens with one attached hydrogen (secondary N) is 4. The Morgan fingerprint density at radius 3 is 2.96 bits per heavy atom. The van der Waals surface area contributed by atoms with Crippen LogP contribution in [0, 0.1) is 0 Å². The van der Waals surface area contributed by atoms with Gasteiger partial charge in [0.05, 0.1) is 0 Å². The van der Waals surface area contributed by atoms with Gasteiger partial charge < -0.3 is 20.7 Å². The van der Waals surface area contributed by atoms with Crippen molar-refractivity contribution in [2.75, 3.05) is 17.7 Å². The molecule has 1 saturated carbocycles. The first-order chi connectivity index (χ1) is 12.5. The summed E-state index contributed by atoms with van der Waals surface area (Å²) >= 11 is 0. The lowest BCUT2D eigenvalue weighted by atomic mass is 10.0. The van der Waals surface area contributed by atoms with Crippen molar-refractivity contribution < 1.29 is 9.53 Å². The molecule has 1 amide bonds. The van der Waals surface area contributed by atoms with E-state index in [0.29, 0.717) is 23.5 Å². The summed E-state index contributed by atoms with van der Waals surface area (Å²) in [5, 5.41) is 16.2. The summed E-state index contributed by atoms with van der Waals surface area (Å²) < 4.78 is 5.48. The lowest BCUT2D eigenvalue weighted by Crippen LogP contribution is -2.33. The van der Waals surface area contributed by atoms with Gasteiger partial charge in [0.2, 0.25) is 5.95 Å². The van der Waals surface area contributed by atoms with Gasteiger partial charge in [0.25, 0.3) is 0 Å². The number of hydrogen-bond acceptors (Lipinski definition) is 7. The van der Waals surface area contributed by atoms with Crippen molar-refractivity contribution in [3.8, 4) is 0 Å². The van der Waals surface area contributed by atoms with Gasteiger partial charge in [-0.2, -0.15) is 10.1 Å². The van der Waals surface area contributed by atoms with Crippen molar-refractivity contribution in [3.05, 3.63) is 24.0 Å². The summed E-state index contributed by atoms with van der Waals surface area (Å²) in [6, 6.07) is 3.83. The molecule has 2 atom stereocenters. The maximum atomic E-state index is 11.7. The summed E-state index contributed by atoms with van der Waals surface area (Å²) in [5.41, 5.74) is 1.03. The van der Waals surface area contributed by atoms with Gasteiger partial charge in [0, 0.05) is 37.0 Å². The fraction of sp³-hybridized carbons (Fsp3) is 0.529. The van der Waals surface area contributed by atoms with Crippen LogP contribution in [0.15, 0.2) is 18.3 Å². The van der Waals surface area contributed by atoms with Gasteiger partial charge in [-0.3, -0.25) is 5.10 Å². The number of hydrogen-bond donors (Lipinski definition) is 4. The molecule has 1 fully saturated rings. The van der Waals surface area contributed by atoms with Crippen molar-refractivity contribution in [2.45, 2.75) is 51.2 Å². The predicted octanol–water partition coefficient (Wildman–Crippen LogP) is 2.76. The minimum Gasteiger partial charge on any atom is -0.446 e. The summed E-state index contributed by atoms with van der Waals surface area (Å²) in [4.78, 5) is 20.1. The van der Waals surface area contributed by atoms with Crippen molar-refractivity contribution in [2.24, 2.45) is 0 Å². The monoisotopic (exact) mass is 359 g/mol. The molecule has 0 bridgehead atoms. The van der Waals surface area contributed by atoms with Gasteiger partial charge >= 0.3 is 6.09 Å². The zero-order valence-corrected chi connectivity index (χ0v) is 15.2. The largest absolute Gasteiger partial charge is 0.446 e. The van der Waals surface area contributed by atoms with Gasteiger partial charge in [-0.25, -0.2) is 9.78 Å². The number of aromatic amines is 1. The van der Waals surface area contributed by atoms with Crippen molar-refractivity contribution in [1.29, 1.82) is 0 Å². The third kappa shape index (κ3) is 4.62. The van der Waals surface area contributed by atoms with Crippen LogP contribution in [-0.2, 0) is 4.74 Å². The Bertz CT molecular complexity index is 746. The molecule has 0 spiro atoms. The second-order valence-electron chi connectivity index (χ2n) is 6.69. The predicted molar refractivity (Wildman–Crippen MR) is 98.6 cm³/mol. The van der Waals surface area contributed by atoms with Crippen molar-refractivity contribution in [1.82, 2.24) is 25.5 Å². The number of anilines is 3. The second kappa shape index (κ2) is 8.03. The standard InChI is InChI=1S/C17H25N7O2/c1-10(2)20-17(25)26-12-5-4-11(8-12)13-9-15(24-23-13)21-14-6-7-19-16(18-3)22-14/h6-7,9-12H,4-5,8H2,1-3H3,(H,20,25)(H3,18,19,21,22,23,24)/t11-,12+/m0/s1. The molecule has 1 aliphatic carbocycles. The molecule has 0 radical (unpaired) electrons. The molecule has 0 saturated heterocycles. The highest BCUT2D eigenvalue weighted by molar-refractivity contribution is 5.67. The molecule has 2 aromatic rings. The Morgan fingerprint density at radius 2 is 2.19 bits per heavy atom. The lowest BCUT2D eigenvalue weighted by Gasteiger charge is -2.14. The van der Waals surface area contributed by atoms with E-state index in [1.54, 1.807) is 19.3 Å². The molecule has 9 heteroatoms. The van der Waals surface area contributed by atoms with E-state index in [9.17, 15) is 4.79 Å². The first kappa shape index (κ1) is 18.0. The molecule has 2 heterocycles. The second-order valence-corrected chi connectivity index (χ2v) is 6.69. The van der Waals surface area contributed by atoms with Gasteiger partial charge in [-0.15, -0.1) is 0 Å². The molecule has 2 aromatic heterocycles. The zero-order valence-electron chi connectivity index (χ0n) is 15.2. The number of aromatic nitrogens is 4. The summed E-state index contributed by atoms with van der Waals surface area (Å²) in [7, 11) is 1.77. The van der Waals surface area contributed by atoms with Crippen LogP contribution < -0.4 is 16.0 Å². The Morgan fingerprint density at radius 1 is 1.35 bits per heavy atom. The fourth-order valence-electron chi connectivity index (χ4n) is 3.04. The van der Waals surface area contributed by atoms with E-state index < -0.39 is 0 Å². The number of alkyl carbamates (subject to hydrolysis) is 1. The highest BCUT2D eigenvalue weighted by Gasteiger charge is 2.30. The third-order valence-corrected chi connectivity index (χ3v) is 4.24. The normalized spacial score (nSPS) is 19.4. The van der Waals surface area contributed by atoms with Crippen LogP contribution in [0.5, 0.6) is 0 Å². The smallest absolute Gasteiger partial charge is 0.407 e. The van der Waals surface area contributed by atoms with Crippen LogP contribution in [0.2, 0.25) is 0 Å². The quantitative estimate of drug-likeness (QED) is 0.626. The Kier molecular flexibility index (Phi) is 5.55. The Hall–Kier alpha value is -2.84.